The van der Waals surface area contributed by atoms with Gasteiger partial charge >= 0.3 is 6.03 Å². The molecule has 0 aromatic carbocycles. The second-order valence-corrected chi connectivity index (χ2v) is 6.50. The first kappa shape index (κ1) is 17.1. The highest BCUT2D eigenvalue weighted by Gasteiger charge is 2.21. The number of carbonyl (C=O) groups excluding carboxylic acids is 1. The molecule has 1 fully saturated rings. The van der Waals surface area contributed by atoms with E-state index in [4.69, 9.17) is 0 Å². The molecular weight excluding hydrogens is 344 g/mol. The zero-order chi connectivity index (χ0) is 18.6. The molecule has 0 spiro atoms. The Balaban J connectivity index is 1.26. The fourth-order valence-corrected chi connectivity index (χ4v) is 3.10. The maximum absolute atomic E-state index is 12.4. The first-order valence-electron chi connectivity index (χ1n) is 8.89. The zero-order valence-corrected chi connectivity index (χ0v) is 15.2. The van der Waals surface area contributed by atoms with Crippen LogP contribution in [0.2, 0.25) is 0 Å². The summed E-state index contributed by atoms with van der Waals surface area (Å²) in [6.07, 6.45) is 10.9. The Morgan fingerprint density at radius 3 is 2.67 bits per heavy atom. The smallest absolute Gasteiger partial charge is 0.317 e. The van der Waals surface area contributed by atoms with Crippen LogP contribution >= 0.6 is 0 Å². The number of pyridine rings is 1. The number of carbonyl (C=O) groups is 1. The summed E-state index contributed by atoms with van der Waals surface area (Å²) in [4.78, 5) is 24.9. The summed E-state index contributed by atoms with van der Waals surface area (Å²) in [5, 5.41) is 7.18. The van der Waals surface area contributed by atoms with Crippen LogP contribution in [0.15, 0.2) is 49.4 Å². The van der Waals surface area contributed by atoms with Gasteiger partial charge in [-0.2, -0.15) is 5.10 Å². The van der Waals surface area contributed by atoms with Crippen molar-refractivity contribution in [2.45, 2.75) is 6.54 Å². The van der Waals surface area contributed by atoms with Crippen molar-refractivity contribution < 1.29 is 4.79 Å². The molecule has 4 heterocycles. The summed E-state index contributed by atoms with van der Waals surface area (Å²) in [6.45, 7) is 3.45. The van der Waals surface area contributed by atoms with E-state index in [0.29, 0.717) is 19.6 Å². The van der Waals surface area contributed by atoms with E-state index in [-0.39, 0.29) is 6.03 Å². The SMILES string of the molecule is Cn1cc(N2CCN(C(=O)NCc3ccc(-n4ccnc4)nc3)CC2)cn1. The first-order chi connectivity index (χ1) is 13.2. The number of aromatic nitrogens is 5. The third-order valence-electron chi connectivity index (χ3n) is 4.65. The topological polar surface area (TPSA) is 84.1 Å². The van der Waals surface area contributed by atoms with Crippen LogP contribution in [0.3, 0.4) is 0 Å². The molecule has 9 heteroatoms. The number of urea groups is 1. The molecule has 1 aliphatic rings. The van der Waals surface area contributed by atoms with E-state index < -0.39 is 0 Å². The molecule has 0 bridgehead atoms. The summed E-state index contributed by atoms with van der Waals surface area (Å²) in [5.41, 5.74) is 2.06. The molecule has 1 N–H and O–H groups in total. The molecule has 3 aromatic heterocycles. The molecule has 1 aliphatic heterocycles. The molecule has 0 atom stereocenters. The highest BCUT2D eigenvalue weighted by atomic mass is 16.2. The number of anilines is 1. The second kappa shape index (κ2) is 7.48. The van der Waals surface area contributed by atoms with Crippen molar-refractivity contribution in [1.82, 2.24) is 34.5 Å². The molecule has 0 radical (unpaired) electrons. The van der Waals surface area contributed by atoms with Gasteiger partial charge in [-0.05, 0) is 11.6 Å². The van der Waals surface area contributed by atoms with E-state index in [0.717, 1.165) is 30.2 Å². The monoisotopic (exact) mass is 366 g/mol. The van der Waals surface area contributed by atoms with Crippen molar-refractivity contribution in [3.05, 3.63) is 55.0 Å². The normalized spacial score (nSPS) is 14.4. The Hall–Kier alpha value is -3.36. The number of imidazole rings is 1. The minimum absolute atomic E-state index is 0.0421. The highest BCUT2D eigenvalue weighted by Crippen LogP contribution is 2.15. The molecule has 27 heavy (non-hydrogen) atoms. The maximum Gasteiger partial charge on any atom is 0.317 e. The largest absolute Gasteiger partial charge is 0.365 e. The average Bonchev–Trinajstić information content (AvgIpc) is 3.39. The van der Waals surface area contributed by atoms with Crippen molar-refractivity contribution >= 4 is 11.7 Å². The van der Waals surface area contributed by atoms with Gasteiger partial charge in [0.1, 0.15) is 12.1 Å². The minimum atomic E-state index is -0.0421. The van der Waals surface area contributed by atoms with Crippen LogP contribution in [0, 0.1) is 0 Å². The fourth-order valence-electron chi connectivity index (χ4n) is 3.10. The first-order valence-corrected chi connectivity index (χ1v) is 8.89. The van der Waals surface area contributed by atoms with Crippen LogP contribution in [-0.2, 0) is 13.6 Å². The van der Waals surface area contributed by atoms with Crippen molar-refractivity contribution in [2.24, 2.45) is 7.05 Å². The molecule has 1 saturated heterocycles. The third kappa shape index (κ3) is 3.91. The van der Waals surface area contributed by atoms with Gasteiger partial charge in [0.15, 0.2) is 0 Å². The fraction of sp³-hybridized carbons (Fsp3) is 0.333. The van der Waals surface area contributed by atoms with Crippen LogP contribution in [-0.4, -0.2) is 61.4 Å². The summed E-state index contributed by atoms with van der Waals surface area (Å²) < 4.78 is 3.63. The Morgan fingerprint density at radius 1 is 1.19 bits per heavy atom. The second-order valence-electron chi connectivity index (χ2n) is 6.50. The molecule has 0 aliphatic carbocycles. The number of nitrogens with one attached hydrogen (secondary N) is 1. The summed E-state index contributed by atoms with van der Waals surface area (Å²) in [5.74, 6) is 0.800. The minimum Gasteiger partial charge on any atom is -0.365 e. The van der Waals surface area contributed by atoms with Gasteiger partial charge in [0.25, 0.3) is 0 Å². The number of aryl methyl sites for hydroxylation is 1. The lowest BCUT2D eigenvalue weighted by molar-refractivity contribution is 0.194. The lowest BCUT2D eigenvalue weighted by Gasteiger charge is -2.35. The summed E-state index contributed by atoms with van der Waals surface area (Å²) in [6, 6.07) is 3.83. The van der Waals surface area contributed by atoms with E-state index in [1.807, 2.05) is 47.2 Å². The number of amides is 2. The zero-order valence-electron chi connectivity index (χ0n) is 15.2. The Kier molecular flexibility index (Phi) is 4.73. The van der Waals surface area contributed by atoms with E-state index in [9.17, 15) is 4.79 Å². The molecule has 0 unspecified atom stereocenters. The Bertz CT molecular complexity index is 878. The molecular formula is C18H22N8O. The maximum atomic E-state index is 12.4. The van der Waals surface area contributed by atoms with Crippen LogP contribution < -0.4 is 10.2 Å². The number of hydrogen-bond acceptors (Lipinski definition) is 5. The molecule has 4 rings (SSSR count). The van der Waals surface area contributed by atoms with E-state index >= 15 is 0 Å². The van der Waals surface area contributed by atoms with Gasteiger partial charge in [-0.15, -0.1) is 0 Å². The van der Waals surface area contributed by atoms with Crippen molar-refractivity contribution in [1.29, 1.82) is 0 Å². The van der Waals surface area contributed by atoms with Crippen molar-refractivity contribution in [3.8, 4) is 5.82 Å². The van der Waals surface area contributed by atoms with Gasteiger partial charge < -0.3 is 15.1 Å². The summed E-state index contributed by atoms with van der Waals surface area (Å²) >= 11 is 0. The molecule has 0 saturated carbocycles. The van der Waals surface area contributed by atoms with Crippen molar-refractivity contribution in [3.63, 3.8) is 0 Å². The highest BCUT2D eigenvalue weighted by molar-refractivity contribution is 5.74. The number of rotatable bonds is 4. The van der Waals surface area contributed by atoms with E-state index in [1.165, 1.54) is 0 Å². The van der Waals surface area contributed by atoms with Gasteiger partial charge in [0, 0.05) is 64.6 Å². The van der Waals surface area contributed by atoms with E-state index in [2.05, 4.69) is 25.3 Å². The van der Waals surface area contributed by atoms with Crippen LogP contribution in [0.1, 0.15) is 5.56 Å². The van der Waals surface area contributed by atoms with Crippen LogP contribution in [0.5, 0.6) is 0 Å². The average molecular weight is 366 g/mol. The summed E-state index contributed by atoms with van der Waals surface area (Å²) in [7, 11) is 1.91. The number of hydrogen-bond donors (Lipinski definition) is 1. The van der Waals surface area contributed by atoms with Crippen molar-refractivity contribution in [2.75, 3.05) is 31.1 Å². The predicted molar refractivity (Wildman–Crippen MR) is 101 cm³/mol. The van der Waals surface area contributed by atoms with Crippen LogP contribution in [0.25, 0.3) is 5.82 Å². The lowest BCUT2D eigenvalue weighted by atomic mass is 10.2. The molecule has 9 nitrogen and oxygen atoms in total. The third-order valence-corrected chi connectivity index (χ3v) is 4.65. The number of piperazine rings is 1. The standard InChI is InChI=1S/C18H22N8O/c1-23-13-16(12-22-23)24-6-8-25(9-7-24)18(27)21-11-15-2-3-17(20-10-15)26-5-4-19-14-26/h2-5,10,12-14H,6-9,11H2,1H3,(H,21,27). The van der Waals surface area contributed by atoms with Gasteiger partial charge in [0.2, 0.25) is 0 Å². The number of nitrogens with zero attached hydrogens (tertiary/aromatic N) is 7. The Morgan fingerprint density at radius 2 is 2.04 bits per heavy atom. The van der Waals surface area contributed by atoms with Crippen LogP contribution in [0.4, 0.5) is 10.5 Å². The predicted octanol–water partition coefficient (Wildman–Crippen LogP) is 1.03. The lowest BCUT2D eigenvalue weighted by Crippen LogP contribution is -2.51. The van der Waals surface area contributed by atoms with E-state index in [1.54, 1.807) is 23.4 Å². The van der Waals surface area contributed by atoms with Gasteiger partial charge in [-0.25, -0.2) is 14.8 Å². The molecule has 3 aromatic rings. The quantitative estimate of drug-likeness (QED) is 0.746. The molecule has 2 amide bonds. The van der Waals surface area contributed by atoms with Gasteiger partial charge in [-0.1, -0.05) is 6.07 Å². The Labute approximate surface area is 157 Å². The molecule has 140 valence electrons. The van der Waals surface area contributed by atoms with Gasteiger partial charge in [-0.3, -0.25) is 9.25 Å². The van der Waals surface area contributed by atoms with Gasteiger partial charge in [0.05, 0.1) is 11.9 Å².